The van der Waals surface area contributed by atoms with Gasteiger partial charge in [0.1, 0.15) is 0 Å². The zero-order valence-electron chi connectivity index (χ0n) is 10.3. The third-order valence-corrected chi connectivity index (χ3v) is 4.14. The average Bonchev–Trinajstić information content (AvgIpc) is 2.81. The van der Waals surface area contributed by atoms with E-state index in [2.05, 4.69) is 44.8 Å². The number of anilines is 1. The van der Waals surface area contributed by atoms with Crippen LogP contribution in [0.25, 0.3) is 0 Å². The highest BCUT2D eigenvalue weighted by Crippen LogP contribution is 2.22. The summed E-state index contributed by atoms with van der Waals surface area (Å²) in [6.07, 6.45) is 0. The van der Waals surface area contributed by atoms with Crippen molar-refractivity contribution >= 4 is 33.0 Å². The summed E-state index contributed by atoms with van der Waals surface area (Å²) in [6, 6.07) is 10.4. The predicted molar refractivity (Wildman–Crippen MR) is 81.1 cm³/mol. The van der Waals surface area contributed by atoms with Crippen molar-refractivity contribution in [3.05, 3.63) is 50.6 Å². The Labute approximate surface area is 120 Å². The lowest BCUT2D eigenvalue weighted by molar-refractivity contribution is 0.134. The van der Waals surface area contributed by atoms with Gasteiger partial charge in [-0.05, 0) is 45.9 Å². The largest absolute Gasteiger partial charge is 0.381 e. The second-order valence-electron chi connectivity index (χ2n) is 3.91. The zero-order valence-corrected chi connectivity index (χ0v) is 12.7. The molecule has 0 radical (unpaired) electrons. The zero-order chi connectivity index (χ0) is 12.8. The monoisotopic (exact) mass is 325 g/mol. The molecule has 1 aromatic heterocycles. The molecule has 4 heteroatoms. The van der Waals surface area contributed by atoms with Crippen molar-refractivity contribution in [2.75, 3.05) is 11.9 Å². The Balaban J connectivity index is 1.99. The highest BCUT2D eigenvalue weighted by molar-refractivity contribution is 9.11. The van der Waals surface area contributed by atoms with E-state index >= 15 is 0 Å². The fourth-order valence-electron chi connectivity index (χ4n) is 1.67. The Morgan fingerprint density at radius 3 is 2.89 bits per heavy atom. The Hall–Kier alpha value is -0.840. The molecular weight excluding hydrogens is 310 g/mol. The number of para-hydroxylation sites is 1. The normalized spacial score (nSPS) is 10.6. The molecule has 96 valence electrons. The molecule has 0 spiro atoms. The minimum absolute atomic E-state index is 0.660. The van der Waals surface area contributed by atoms with Crippen LogP contribution in [-0.4, -0.2) is 6.61 Å². The number of ether oxygens (including phenoxy) is 1. The van der Waals surface area contributed by atoms with Crippen molar-refractivity contribution in [2.24, 2.45) is 0 Å². The summed E-state index contributed by atoms with van der Waals surface area (Å²) in [5.41, 5.74) is 3.64. The van der Waals surface area contributed by atoms with Crippen molar-refractivity contribution in [3.63, 3.8) is 0 Å². The number of hydrogen-bond donors (Lipinski definition) is 1. The fourth-order valence-corrected chi connectivity index (χ4v) is 2.88. The third kappa shape index (κ3) is 3.83. The van der Waals surface area contributed by atoms with Gasteiger partial charge in [0, 0.05) is 24.4 Å². The first kappa shape index (κ1) is 13.6. The molecule has 0 fully saturated rings. The lowest BCUT2D eigenvalue weighted by Gasteiger charge is -2.11. The smallest absolute Gasteiger partial charge is 0.0736 e. The molecule has 0 aliphatic rings. The third-order valence-electron chi connectivity index (χ3n) is 2.58. The first-order valence-corrected chi connectivity index (χ1v) is 7.59. The highest BCUT2D eigenvalue weighted by Gasteiger charge is 2.02. The maximum atomic E-state index is 5.47. The minimum Gasteiger partial charge on any atom is -0.381 e. The van der Waals surface area contributed by atoms with Gasteiger partial charge in [0.25, 0.3) is 0 Å². The van der Waals surface area contributed by atoms with E-state index in [-0.39, 0.29) is 0 Å². The molecule has 1 heterocycles. The molecule has 2 nitrogen and oxygen atoms in total. The van der Waals surface area contributed by atoms with E-state index in [4.69, 9.17) is 4.74 Å². The van der Waals surface area contributed by atoms with Crippen LogP contribution >= 0.6 is 27.3 Å². The molecule has 0 atom stereocenters. The van der Waals surface area contributed by atoms with Crippen LogP contribution in [0.2, 0.25) is 0 Å². The lowest BCUT2D eigenvalue weighted by Crippen LogP contribution is -2.02. The van der Waals surface area contributed by atoms with Crippen LogP contribution in [0.5, 0.6) is 0 Å². The van der Waals surface area contributed by atoms with E-state index in [1.165, 1.54) is 14.9 Å². The van der Waals surface area contributed by atoms with Gasteiger partial charge >= 0.3 is 0 Å². The van der Waals surface area contributed by atoms with Crippen molar-refractivity contribution in [1.82, 2.24) is 0 Å². The molecule has 2 aromatic rings. The van der Waals surface area contributed by atoms with Gasteiger partial charge in [0.15, 0.2) is 0 Å². The van der Waals surface area contributed by atoms with E-state index in [0.29, 0.717) is 6.61 Å². The van der Waals surface area contributed by atoms with E-state index in [0.717, 1.165) is 18.8 Å². The van der Waals surface area contributed by atoms with Gasteiger partial charge < -0.3 is 10.1 Å². The van der Waals surface area contributed by atoms with Crippen LogP contribution in [0.15, 0.2) is 39.5 Å². The number of hydrogen-bond acceptors (Lipinski definition) is 3. The van der Waals surface area contributed by atoms with Gasteiger partial charge in [0.2, 0.25) is 0 Å². The summed E-state index contributed by atoms with van der Waals surface area (Å²) in [6.45, 7) is 4.25. The number of thiophene rings is 1. The summed E-state index contributed by atoms with van der Waals surface area (Å²) in [5, 5.41) is 5.61. The SMILES string of the molecule is CCOCc1ccccc1NCc1csc(Br)c1. The van der Waals surface area contributed by atoms with E-state index in [9.17, 15) is 0 Å². The molecule has 0 aliphatic carbocycles. The van der Waals surface area contributed by atoms with Crippen molar-refractivity contribution in [2.45, 2.75) is 20.1 Å². The van der Waals surface area contributed by atoms with Crippen LogP contribution in [0, 0.1) is 0 Å². The van der Waals surface area contributed by atoms with Crippen LogP contribution < -0.4 is 5.32 Å². The fraction of sp³-hybridized carbons (Fsp3) is 0.286. The van der Waals surface area contributed by atoms with E-state index in [1.807, 2.05) is 19.1 Å². The van der Waals surface area contributed by atoms with E-state index < -0.39 is 0 Å². The molecule has 0 saturated carbocycles. The minimum atomic E-state index is 0.660. The van der Waals surface area contributed by atoms with Gasteiger partial charge in [0.05, 0.1) is 10.4 Å². The molecule has 0 saturated heterocycles. The lowest BCUT2D eigenvalue weighted by atomic mass is 10.2. The van der Waals surface area contributed by atoms with Crippen LogP contribution in [0.1, 0.15) is 18.1 Å². The quantitative estimate of drug-likeness (QED) is 0.834. The molecule has 0 aliphatic heterocycles. The van der Waals surface area contributed by atoms with Crippen LogP contribution in [0.3, 0.4) is 0 Å². The molecular formula is C14H16BrNOS. The maximum absolute atomic E-state index is 5.47. The second kappa shape index (κ2) is 6.92. The highest BCUT2D eigenvalue weighted by atomic mass is 79.9. The number of halogens is 1. The number of benzene rings is 1. The maximum Gasteiger partial charge on any atom is 0.0736 e. The average molecular weight is 326 g/mol. The van der Waals surface area contributed by atoms with Gasteiger partial charge in [-0.25, -0.2) is 0 Å². The van der Waals surface area contributed by atoms with Crippen molar-refractivity contribution < 1.29 is 4.74 Å². The number of nitrogens with one attached hydrogen (secondary N) is 1. The van der Waals surface area contributed by atoms with Crippen molar-refractivity contribution in [3.8, 4) is 0 Å². The summed E-state index contributed by atoms with van der Waals surface area (Å²) in [5.74, 6) is 0. The second-order valence-corrected chi connectivity index (χ2v) is 6.20. The molecule has 0 amide bonds. The molecule has 18 heavy (non-hydrogen) atoms. The molecule has 1 aromatic carbocycles. The van der Waals surface area contributed by atoms with Gasteiger partial charge in [-0.1, -0.05) is 18.2 Å². The molecule has 2 rings (SSSR count). The Morgan fingerprint density at radius 2 is 2.17 bits per heavy atom. The summed E-state index contributed by atoms with van der Waals surface area (Å²) >= 11 is 5.19. The summed E-state index contributed by atoms with van der Waals surface area (Å²) < 4.78 is 6.64. The van der Waals surface area contributed by atoms with Crippen LogP contribution in [-0.2, 0) is 17.9 Å². The molecule has 0 bridgehead atoms. The van der Waals surface area contributed by atoms with Crippen LogP contribution in [0.4, 0.5) is 5.69 Å². The predicted octanol–water partition coefficient (Wildman–Crippen LogP) is 4.66. The van der Waals surface area contributed by atoms with Gasteiger partial charge in [-0.2, -0.15) is 0 Å². The Morgan fingerprint density at radius 1 is 1.33 bits per heavy atom. The van der Waals surface area contributed by atoms with E-state index in [1.54, 1.807) is 11.3 Å². The standard InChI is InChI=1S/C14H16BrNOS/c1-2-17-9-12-5-3-4-6-13(12)16-8-11-7-14(15)18-10-11/h3-7,10,16H,2,8-9H2,1H3. The van der Waals surface area contributed by atoms with Gasteiger partial charge in [-0.3, -0.25) is 0 Å². The topological polar surface area (TPSA) is 21.3 Å². The van der Waals surface area contributed by atoms with Gasteiger partial charge in [-0.15, -0.1) is 11.3 Å². The number of rotatable bonds is 6. The molecule has 1 N–H and O–H groups in total. The summed E-state index contributed by atoms with van der Waals surface area (Å²) in [4.78, 5) is 0. The first-order valence-electron chi connectivity index (χ1n) is 5.92. The van der Waals surface area contributed by atoms with Crippen molar-refractivity contribution in [1.29, 1.82) is 0 Å². The first-order chi connectivity index (χ1) is 8.79. The summed E-state index contributed by atoms with van der Waals surface area (Å²) in [7, 11) is 0. The Bertz CT molecular complexity index is 498. The Kier molecular flexibility index (Phi) is 5.23. The molecule has 0 unspecified atom stereocenters.